The van der Waals surface area contributed by atoms with E-state index in [9.17, 15) is 26.5 Å². The number of rotatable bonds is 8. The highest BCUT2D eigenvalue weighted by molar-refractivity contribution is 7.46. The number of alkyl halides is 5. The Labute approximate surface area is 113 Å². The van der Waals surface area contributed by atoms with Crippen molar-refractivity contribution < 1.29 is 40.8 Å². The summed E-state index contributed by atoms with van der Waals surface area (Å²) in [7, 11) is -5.36. The molecule has 0 aromatic rings. The number of phosphoric acid groups is 1. The normalized spacial score (nSPS) is 14.7. The minimum Gasteiger partial charge on any atom is -0.303 e. The van der Waals surface area contributed by atoms with Crippen molar-refractivity contribution in [3.05, 3.63) is 0 Å². The Kier molecular flexibility index (Phi) is 6.60. The summed E-state index contributed by atoms with van der Waals surface area (Å²) in [6.45, 7) is 2.83. The van der Waals surface area contributed by atoms with Gasteiger partial charge in [-0.1, -0.05) is 26.7 Å². The molecule has 10 heteroatoms. The van der Waals surface area contributed by atoms with Crippen molar-refractivity contribution >= 4 is 7.82 Å². The maximum absolute atomic E-state index is 14.0. The topological polar surface area (TPSA) is 66.8 Å². The highest BCUT2D eigenvalue weighted by Crippen LogP contribution is 2.53. The molecule has 0 unspecified atom stereocenters. The first-order chi connectivity index (χ1) is 8.79. The quantitative estimate of drug-likeness (QED) is 0.522. The zero-order valence-corrected chi connectivity index (χ0v) is 12.0. The number of halogens is 5. The molecule has 0 spiro atoms. The summed E-state index contributed by atoms with van der Waals surface area (Å²) in [6.07, 6.45) is -8.85. The van der Waals surface area contributed by atoms with Crippen molar-refractivity contribution in [1.29, 1.82) is 0 Å². The van der Waals surface area contributed by atoms with Crippen LogP contribution in [-0.4, -0.2) is 27.5 Å². The second-order valence-corrected chi connectivity index (χ2v) is 5.74. The Bertz CT molecular complexity index is 346. The lowest BCUT2D eigenvalue weighted by molar-refractivity contribution is -0.246. The third-order valence-electron chi connectivity index (χ3n) is 2.69. The zero-order chi connectivity index (χ0) is 16.2. The summed E-state index contributed by atoms with van der Waals surface area (Å²) in [5, 5.41) is 0. The average Bonchev–Trinajstić information content (AvgIpc) is 2.11. The lowest BCUT2D eigenvalue weighted by Gasteiger charge is -2.40. The average molecular weight is 328 g/mol. The minimum absolute atomic E-state index is 0.00650. The van der Waals surface area contributed by atoms with E-state index in [0.717, 1.165) is 0 Å². The number of hydrogen-bond acceptors (Lipinski definition) is 2. The van der Waals surface area contributed by atoms with Gasteiger partial charge in [-0.3, -0.25) is 4.52 Å². The molecule has 0 bridgehead atoms. The van der Waals surface area contributed by atoms with E-state index in [2.05, 4.69) is 4.52 Å². The summed E-state index contributed by atoms with van der Waals surface area (Å²) in [4.78, 5) is 17.5. The molecule has 122 valence electrons. The molecule has 0 amide bonds. The van der Waals surface area contributed by atoms with E-state index < -0.39 is 44.8 Å². The fourth-order valence-electron chi connectivity index (χ4n) is 2.10. The molecule has 0 rings (SSSR count). The molecular formula is C10H18F5O4P. The van der Waals surface area contributed by atoms with E-state index >= 15 is 0 Å². The first-order valence-corrected chi connectivity index (χ1v) is 7.52. The van der Waals surface area contributed by atoms with Gasteiger partial charge in [0.05, 0.1) is 0 Å². The summed E-state index contributed by atoms with van der Waals surface area (Å²) >= 11 is 0. The fourth-order valence-corrected chi connectivity index (χ4v) is 2.87. The first-order valence-electron chi connectivity index (χ1n) is 5.99. The molecule has 0 atom stereocenters. The molecule has 0 aliphatic rings. The van der Waals surface area contributed by atoms with Gasteiger partial charge in [0.2, 0.25) is 0 Å². The number of phosphoric ester groups is 1. The van der Waals surface area contributed by atoms with Crippen LogP contribution in [0.2, 0.25) is 0 Å². The second kappa shape index (κ2) is 6.68. The molecule has 0 saturated heterocycles. The van der Waals surface area contributed by atoms with Gasteiger partial charge < -0.3 is 9.79 Å². The van der Waals surface area contributed by atoms with E-state index in [4.69, 9.17) is 9.79 Å². The Morgan fingerprint density at radius 1 is 1.00 bits per heavy atom. The van der Waals surface area contributed by atoms with Gasteiger partial charge in [-0.2, -0.15) is 13.2 Å². The third-order valence-corrected chi connectivity index (χ3v) is 3.28. The van der Waals surface area contributed by atoms with Crippen LogP contribution in [-0.2, 0) is 9.09 Å². The number of hydrogen-bond donors (Lipinski definition) is 2. The molecule has 0 radical (unpaired) electrons. The van der Waals surface area contributed by atoms with Crippen LogP contribution in [0.4, 0.5) is 22.0 Å². The van der Waals surface area contributed by atoms with Crippen molar-refractivity contribution in [2.45, 2.75) is 63.7 Å². The van der Waals surface area contributed by atoms with Gasteiger partial charge in [0, 0.05) is 0 Å². The highest BCUT2D eigenvalue weighted by Gasteiger charge is 2.60. The molecule has 0 aromatic carbocycles. The molecule has 20 heavy (non-hydrogen) atoms. The second-order valence-electron chi connectivity index (χ2n) is 4.57. The molecule has 0 heterocycles. The van der Waals surface area contributed by atoms with Gasteiger partial charge >= 0.3 is 14.0 Å². The smallest absolute Gasteiger partial charge is 0.303 e. The van der Waals surface area contributed by atoms with Crippen LogP contribution in [0.25, 0.3) is 0 Å². The van der Waals surface area contributed by atoms with Gasteiger partial charge in [-0.25, -0.2) is 13.3 Å². The fraction of sp³-hybridized carbons (Fsp3) is 1.00. The SMILES string of the molecule is CCCC(CCC)(OP(=O)(O)O)C(F)(F)CC(F)(F)F. The van der Waals surface area contributed by atoms with Crippen LogP contribution >= 0.6 is 7.82 Å². The Morgan fingerprint density at radius 2 is 1.40 bits per heavy atom. The van der Waals surface area contributed by atoms with Gasteiger partial charge in [0.1, 0.15) is 12.0 Å². The van der Waals surface area contributed by atoms with Gasteiger partial charge in [0.15, 0.2) is 0 Å². The van der Waals surface area contributed by atoms with Crippen molar-refractivity contribution in [2.24, 2.45) is 0 Å². The molecule has 4 nitrogen and oxygen atoms in total. The standard InChI is InChI=1S/C10H18F5O4P/c1-3-5-8(6-4-2,19-20(16,17)18)9(11,12)7-10(13,14)15/h3-7H2,1-2H3,(H2,16,17,18). The third kappa shape index (κ3) is 6.03. The van der Waals surface area contributed by atoms with Crippen LogP contribution in [0.15, 0.2) is 0 Å². The first kappa shape index (κ1) is 19.8. The lowest BCUT2D eigenvalue weighted by atomic mass is 9.84. The van der Waals surface area contributed by atoms with Crippen molar-refractivity contribution in [3.63, 3.8) is 0 Å². The molecule has 0 aliphatic carbocycles. The molecular weight excluding hydrogens is 310 g/mol. The van der Waals surface area contributed by atoms with Crippen molar-refractivity contribution in [2.75, 3.05) is 0 Å². The summed E-state index contributed by atoms with van der Waals surface area (Å²) in [5.74, 6) is -4.43. The highest BCUT2D eigenvalue weighted by atomic mass is 31.2. The van der Waals surface area contributed by atoms with Gasteiger partial charge in [-0.05, 0) is 12.8 Å². The molecule has 0 aromatic heterocycles. The summed E-state index contributed by atoms with van der Waals surface area (Å²) < 4.78 is 79.7. The predicted octanol–water partition coefficient (Wildman–Crippen LogP) is 4.02. The van der Waals surface area contributed by atoms with E-state index in [1.54, 1.807) is 0 Å². The van der Waals surface area contributed by atoms with E-state index in [1.165, 1.54) is 13.8 Å². The van der Waals surface area contributed by atoms with Gasteiger partial charge in [0.25, 0.3) is 5.92 Å². The van der Waals surface area contributed by atoms with Crippen LogP contribution in [0.3, 0.4) is 0 Å². The maximum Gasteiger partial charge on any atom is 0.470 e. The lowest BCUT2D eigenvalue weighted by Crippen LogP contribution is -2.51. The molecule has 0 aliphatic heterocycles. The van der Waals surface area contributed by atoms with Crippen LogP contribution < -0.4 is 0 Å². The summed E-state index contributed by atoms with van der Waals surface area (Å²) in [6, 6.07) is 0. The predicted molar refractivity (Wildman–Crippen MR) is 61.3 cm³/mol. The molecule has 0 fully saturated rings. The van der Waals surface area contributed by atoms with Crippen LogP contribution in [0.5, 0.6) is 0 Å². The monoisotopic (exact) mass is 328 g/mol. The van der Waals surface area contributed by atoms with E-state index in [1.807, 2.05) is 0 Å². The molecule has 2 N–H and O–H groups in total. The minimum atomic E-state index is -5.36. The Morgan fingerprint density at radius 3 is 1.65 bits per heavy atom. The van der Waals surface area contributed by atoms with E-state index in [-0.39, 0.29) is 12.8 Å². The molecule has 0 saturated carbocycles. The zero-order valence-electron chi connectivity index (χ0n) is 11.1. The van der Waals surface area contributed by atoms with Crippen molar-refractivity contribution in [1.82, 2.24) is 0 Å². The Hall–Kier alpha value is -0.240. The van der Waals surface area contributed by atoms with Crippen LogP contribution in [0.1, 0.15) is 46.0 Å². The Balaban J connectivity index is 5.61. The summed E-state index contributed by atoms with van der Waals surface area (Å²) in [5.41, 5.74) is -2.83. The largest absolute Gasteiger partial charge is 0.470 e. The van der Waals surface area contributed by atoms with Gasteiger partial charge in [-0.15, -0.1) is 0 Å². The van der Waals surface area contributed by atoms with E-state index in [0.29, 0.717) is 0 Å². The maximum atomic E-state index is 14.0. The van der Waals surface area contributed by atoms with Crippen LogP contribution in [0, 0.1) is 0 Å². The van der Waals surface area contributed by atoms with Crippen molar-refractivity contribution in [3.8, 4) is 0 Å².